The molecule has 0 fully saturated rings. The highest BCUT2D eigenvalue weighted by molar-refractivity contribution is 5.80. The number of hydrogen-bond donors (Lipinski definition) is 3. The van der Waals surface area contributed by atoms with E-state index >= 15 is 0 Å². The third kappa shape index (κ3) is 7.47. The van der Waals surface area contributed by atoms with Gasteiger partial charge >= 0.3 is 18.2 Å². The lowest BCUT2D eigenvalue weighted by Crippen LogP contribution is -2.41. The second-order valence-electron chi connectivity index (χ2n) is 9.61. The molecule has 0 saturated heterocycles. The summed E-state index contributed by atoms with van der Waals surface area (Å²) < 4.78 is 10.5. The molecule has 0 aliphatic heterocycles. The van der Waals surface area contributed by atoms with Crippen molar-refractivity contribution in [1.82, 2.24) is 10.6 Å². The zero-order valence-corrected chi connectivity index (χ0v) is 20.5. The molecular formula is C27H34N2O6. The first-order valence-electron chi connectivity index (χ1n) is 12.0. The number of carbonyl (C=O) groups excluding carboxylic acids is 2. The summed E-state index contributed by atoms with van der Waals surface area (Å²) in [4.78, 5) is 35.5. The van der Waals surface area contributed by atoms with Gasteiger partial charge in [0.05, 0.1) is 6.61 Å². The fourth-order valence-corrected chi connectivity index (χ4v) is 4.26. The maximum Gasteiger partial charge on any atom is 0.407 e. The number of carbonyl (C=O) groups is 3. The van der Waals surface area contributed by atoms with Gasteiger partial charge in [-0.3, -0.25) is 0 Å². The van der Waals surface area contributed by atoms with Crippen LogP contribution < -0.4 is 10.6 Å². The fraction of sp³-hybridized carbons (Fsp3) is 0.444. The number of nitrogens with one attached hydrogen (secondary N) is 2. The Balaban J connectivity index is 1.41. The molecule has 35 heavy (non-hydrogen) atoms. The van der Waals surface area contributed by atoms with E-state index in [-0.39, 0.29) is 18.9 Å². The Hall–Kier alpha value is -3.55. The molecule has 0 saturated carbocycles. The van der Waals surface area contributed by atoms with Crippen LogP contribution in [-0.4, -0.2) is 48.1 Å². The quantitative estimate of drug-likeness (QED) is 0.408. The molecule has 1 aliphatic rings. The Morgan fingerprint density at radius 3 is 2.11 bits per heavy atom. The van der Waals surface area contributed by atoms with Crippen molar-refractivity contribution in [2.24, 2.45) is 0 Å². The van der Waals surface area contributed by atoms with Crippen LogP contribution in [0.2, 0.25) is 0 Å². The van der Waals surface area contributed by atoms with E-state index in [0.717, 1.165) is 0 Å². The highest BCUT2D eigenvalue weighted by atomic mass is 16.6. The number of ether oxygens (including phenoxy) is 2. The number of unbranched alkanes of at least 4 members (excludes halogenated alkanes) is 1. The molecule has 0 radical (unpaired) electrons. The average Bonchev–Trinajstić information content (AvgIpc) is 3.11. The Bertz CT molecular complexity index is 1000. The zero-order chi connectivity index (χ0) is 25.4. The molecule has 1 atom stereocenters. The monoisotopic (exact) mass is 482 g/mol. The molecule has 1 aliphatic carbocycles. The molecule has 2 aromatic rings. The summed E-state index contributed by atoms with van der Waals surface area (Å²) in [7, 11) is 0. The standard InChI is InChI=1S/C27H34N2O6/c1-27(2,3)35-25(32)28-16-9-8-14-23(24(30)31)29-26(33)34-17-15-22-20-12-6-4-10-18(20)19-11-5-7-13-21(19)22/h4-7,10-13,22-23H,8-9,14-17H2,1-3H3,(H,28,32)(H,29,33)(H,30,31). The number of carboxylic acids is 1. The SMILES string of the molecule is CC(C)(C)OC(=O)NCCCCC(NC(=O)OCCC1c2ccccc2-c2ccccc21)C(=O)O. The molecule has 0 heterocycles. The van der Waals surface area contributed by atoms with Crippen LogP contribution in [0.4, 0.5) is 9.59 Å². The van der Waals surface area contributed by atoms with E-state index in [1.165, 1.54) is 22.3 Å². The number of aliphatic carboxylic acids is 1. The maximum absolute atomic E-state index is 12.3. The van der Waals surface area contributed by atoms with Gasteiger partial charge in [-0.2, -0.15) is 0 Å². The molecule has 0 aromatic heterocycles. The first-order chi connectivity index (χ1) is 16.7. The second kappa shape index (κ2) is 11.7. The number of amides is 2. The minimum absolute atomic E-state index is 0.128. The smallest absolute Gasteiger partial charge is 0.407 e. The van der Waals surface area contributed by atoms with Crippen molar-refractivity contribution < 1.29 is 29.0 Å². The third-order valence-electron chi connectivity index (χ3n) is 5.78. The van der Waals surface area contributed by atoms with Crippen LogP contribution in [-0.2, 0) is 14.3 Å². The van der Waals surface area contributed by atoms with E-state index in [0.29, 0.717) is 25.8 Å². The van der Waals surface area contributed by atoms with Gasteiger partial charge in [0, 0.05) is 12.5 Å². The number of carboxylic acid groups (broad SMARTS) is 1. The van der Waals surface area contributed by atoms with Crippen molar-refractivity contribution in [1.29, 1.82) is 0 Å². The van der Waals surface area contributed by atoms with Gasteiger partial charge < -0.3 is 25.2 Å². The highest BCUT2D eigenvalue weighted by Crippen LogP contribution is 2.45. The average molecular weight is 483 g/mol. The van der Waals surface area contributed by atoms with Crippen molar-refractivity contribution in [3.05, 3.63) is 59.7 Å². The predicted molar refractivity (Wildman–Crippen MR) is 132 cm³/mol. The summed E-state index contributed by atoms with van der Waals surface area (Å²) in [6.45, 7) is 5.86. The fourth-order valence-electron chi connectivity index (χ4n) is 4.26. The highest BCUT2D eigenvalue weighted by Gasteiger charge is 2.28. The van der Waals surface area contributed by atoms with Crippen molar-refractivity contribution >= 4 is 18.2 Å². The number of benzene rings is 2. The molecule has 2 amide bonds. The van der Waals surface area contributed by atoms with Crippen molar-refractivity contribution in [3.8, 4) is 11.1 Å². The van der Waals surface area contributed by atoms with E-state index in [2.05, 4.69) is 34.9 Å². The van der Waals surface area contributed by atoms with Crippen molar-refractivity contribution in [2.75, 3.05) is 13.2 Å². The molecule has 188 valence electrons. The van der Waals surface area contributed by atoms with E-state index in [9.17, 15) is 19.5 Å². The van der Waals surface area contributed by atoms with Gasteiger partial charge in [-0.25, -0.2) is 14.4 Å². The van der Waals surface area contributed by atoms with Gasteiger partial charge in [0.1, 0.15) is 11.6 Å². The summed E-state index contributed by atoms with van der Waals surface area (Å²) in [5, 5.41) is 14.5. The summed E-state index contributed by atoms with van der Waals surface area (Å²) in [6.07, 6.45) is 0.632. The van der Waals surface area contributed by atoms with Crippen LogP contribution in [0.3, 0.4) is 0 Å². The van der Waals surface area contributed by atoms with E-state index in [1.54, 1.807) is 20.8 Å². The third-order valence-corrected chi connectivity index (χ3v) is 5.78. The summed E-state index contributed by atoms with van der Waals surface area (Å²) in [6, 6.07) is 15.4. The van der Waals surface area contributed by atoms with Crippen LogP contribution in [0, 0.1) is 0 Å². The van der Waals surface area contributed by atoms with E-state index < -0.39 is 29.8 Å². The van der Waals surface area contributed by atoms with Crippen LogP contribution >= 0.6 is 0 Å². The van der Waals surface area contributed by atoms with Gasteiger partial charge in [-0.15, -0.1) is 0 Å². The topological polar surface area (TPSA) is 114 Å². The predicted octanol–water partition coefficient (Wildman–Crippen LogP) is 5.06. The number of rotatable bonds is 10. The molecule has 8 heteroatoms. The Morgan fingerprint density at radius 2 is 1.54 bits per heavy atom. The minimum atomic E-state index is -1.12. The lowest BCUT2D eigenvalue weighted by molar-refractivity contribution is -0.139. The number of fused-ring (bicyclic) bond motifs is 3. The van der Waals surface area contributed by atoms with Gasteiger partial charge in [0.25, 0.3) is 0 Å². The number of hydrogen-bond acceptors (Lipinski definition) is 5. The largest absolute Gasteiger partial charge is 0.480 e. The molecule has 8 nitrogen and oxygen atoms in total. The summed E-state index contributed by atoms with van der Waals surface area (Å²) >= 11 is 0. The van der Waals surface area contributed by atoms with Gasteiger partial charge in [0.2, 0.25) is 0 Å². The minimum Gasteiger partial charge on any atom is -0.480 e. The first kappa shape index (κ1) is 26.1. The molecule has 3 rings (SSSR count). The summed E-state index contributed by atoms with van der Waals surface area (Å²) in [5.41, 5.74) is 4.24. The molecular weight excluding hydrogens is 448 g/mol. The Morgan fingerprint density at radius 1 is 0.943 bits per heavy atom. The first-order valence-corrected chi connectivity index (χ1v) is 12.0. The van der Waals surface area contributed by atoms with Crippen LogP contribution in [0.25, 0.3) is 11.1 Å². The molecule has 0 bridgehead atoms. The normalized spacial score (nSPS) is 13.3. The van der Waals surface area contributed by atoms with Gasteiger partial charge in [-0.05, 0) is 68.7 Å². The van der Waals surface area contributed by atoms with Crippen LogP contribution in [0.1, 0.15) is 63.5 Å². The van der Waals surface area contributed by atoms with E-state index in [4.69, 9.17) is 9.47 Å². The van der Waals surface area contributed by atoms with Crippen molar-refractivity contribution in [2.45, 2.75) is 64.0 Å². The Kier molecular flexibility index (Phi) is 8.73. The second-order valence-corrected chi connectivity index (χ2v) is 9.61. The van der Waals surface area contributed by atoms with Gasteiger partial charge in [-0.1, -0.05) is 48.5 Å². The molecule has 1 unspecified atom stereocenters. The van der Waals surface area contributed by atoms with Crippen LogP contribution in [0.15, 0.2) is 48.5 Å². The van der Waals surface area contributed by atoms with Crippen LogP contribution in [0.5, 0.6) is 0 Å². The summed E-state index contributed by atoms with van der Waals surface area (Å²) in [5.74, 6) is -0.997. The molecule has 2 aromatic carbocycles. The van der Waals surface area contributed by atoms with Gasteiger partial charge in [0.15, 0.2) is 0 Å². The number of alkyl carbamates (subject to hydrolysis) is 2. The maximum atomic E-state index is 12.3. The lowest BCUT2D eigenvalue weighted by Gasteiger charge is -2.19. The van der Waals surface area contributed by atoms with Crippen molar-refractivity contribution in [3.63, 3.8) is 0 Å². The lowest BCUT2D eigenvalue weighted by atomic mass is 9.94. The Labute approximate surface area is 206 Å². The zero-order valence-electron chi connectivity index (χ0n) is 20.5. The molecule has 3 N–H and O–H groups in total. The van der Waals surface area contributed by atoms with E-state index in [1.807, 2.05) is 24.3 Å². The molecule has 0 spiro atoms.